The minimum atomic E-state index is -0.461. The van der Waals surface area contributed by atoms with Gasteiger partial charge in [0.1, 0.15) is 23.7 Å². The fourth-order valence-electron chi connectivity index (χ4n) is 2.93. The third-order valence-electron chi connectivity index (χ3n) is 4.26. The Morgan fingerprint density at radius 1 is 1.04 bits per heavy atom. The van der Waals surface area contributed by atoms with Crippen molar-refractivity contribution in [1.82, 2.24) is 0 Å². The Labute approximate surface area is 155 Å². The van der Waals surface area contributed by atoms with E-state index in [0.717, 1.165) is 30.9 Å². The van der Waals surface area contributed by atoms with Gasteiger partial charge < -0.3 is 19.3 Å². The fraction of sp³-hybridized carbons (Fsp3) is 0.455. The molecule has 4 heteroatoms. The van der Waals surface area contributed by atoms with E-state index >= 15 is 0 Å². The van der Waals surface area contributed by atoms with Crippen LogP contribution < -0.4 is 9.47 Å². The van der Waals surface area contributed by atoms with Crippen LogP contribution in [0.25, 0.3) is 0 Å². The lowest BCUT2D eigenvalue weighted by Gasteiger charge is -2.26. The van der Waals surface area contributed by atoms with Gasteiger partial charge in [0, 0.05) is 6.42 Å². The maximum absolute atomic E-state index is 9.26. The first kappa shape index (κ1) is 18.7. The molecule has 140 valence electrons. The molecule has 1 N–H and O–H groups in total. The van der Waals surface area contributed by atoms with Crippen LogP contribution in [0.2, 0.25) is 0 Å². The fourth-order valence-corrected chi connectivity index (χ4v) is 2.93. The van der Waals surface area contributed by atoms with Crippen LogP contribution in [-0.4, -0.2) is 36.1 Å². The molecule has 1 aliphatic rings. The molecule has 0 spiro atoms. The van der Waals surface area contributed by atoms with E-state index in [0.29, 0.717) is 12.7 Å². The molecule has 2 aromatic carbocycles. The Bertz CT molecular complexity index is 685. The first-order valence-electron chi connectivity index (χ1n) is 9.19. The van der Waals surface area contributed by atoms with E-state index < -0.39 is 6.10 Å². The molecule has 4 nitrogen and oxygen atoms in total. The van der Waals surface area contributed by atoms with E-state index in [1.54, 1.807) is 6.92 Å². The van der Waals surface area contributed by atoms with Crippen molar-refractivity contribution in [2.45, 2.75) is 51.4 Å². The van der Waals surface area contributed by atoms with Crippen LogP contribution in [-0.2, 0) is 11.2 Å². The van der Waals surface area contributed by atoms with Gasteiger partial charge in [-0.3, -0.25) is 0 Å². The SMILES string of the molecule is CC(O)COc1ccc(Cc2ccc(OC(C)(C)CC3CO3)cc2)cc1. The molecular formula is C22H28O4. The molecule has 0 aromatic heterocycles. The van der Waals surface area contributed by atoms with E-state index in [1.165, 1.54) is 11.1 Å². The Morgan fingerprint density at radius 2 is 1.58 bits per heavy atom. The zero-order valence-corrected chi connectivity index (χ0v) is 15.8. The summed E-state index contributed by atoms with van der Waals surface area (Å²) in [5, 5.41) is 9.26. The van der Waals surface area contributed by atoms with Crippen molar-refractivity contribution in [1.29, 1.82) is 0 Å². The summed E-state index contributed by atoms with van der Waals surface area (Å²) in [5.41, 5.74) is 2.23. The van der Waals surface area contributed by atoms with Gasteiger partial charge >= 0.3 is 0 Å². The minimum absolute atomic E-state index is 0.218. The maximum Gasteiger partial charge on any atom is 0.120 e. The maximum atomic E-state index is 9.26. The zero-order chi connectivity index (χ0) is 18.6. The van der Waals surface area contributed by atoms with Crippen molar-refractivity contribution in [3.05, 3.63) is 59.7 Å². The van der Waals surface area contributed by atoms with Gasteiger partial charge in [0.15, 0.2) is 0 Å². The minimum Gasteiger partial charge on any atom is -0.491 e. The highest BCUT2D eigenvalue weighted by Gasteiger charge is 2.32. The molecule has 2 unspecified atom stereocenters. The number of epoxide rings is 1. The highest BCUT2D eigenvalue weighted by molar-refractivity contribution is 5.34. The van der Waals surface area contributed by atoms with Crippen LogP contribution in [0.15, 0.2) is 48.5 Å². The molecule has 0 radical (unpaired) electrons. The second-order valence-corrected chi connectivity index (χ2v) is 7.65. The van der Waals surface area contributed by atoms with E-state index in [-0.39, 0.29) is 5.60 Å². The van der Waals surface area contributed by atoms with Gasteiger partial charge in [-0.25, -0.2) is 0 Å². The van der Waals surface area contributed by atoms with Gasteiger partial charge in [-0.2, -0.15) is 0 Å². The molecule has 3 rings (SSSR count). The van der Waals surface area contributed by atoms with Crippen molar-refractivity contribution in [3.63, 3.8) is 0 Å². The van der Waals surface area contributed by atoms with Crippen molar-refractivity contribution in [3.8, 4) is 11.5 Å². The van der Waals surface area contributed by atoms with Gasteiger partial charge in [0.2, 0.25) is 0 Å². The lowest BCUT2D eigenvalue weighted by Crippen LogP contribution is -2.30. The largest absolute Gasteiger partial charge is 0.491 e. The molecule has 2 atom stereocenters. The molecule has 1 fully saturated rings. The van der Waals surface area contributed by atoms with Crippen molar-refractivity contribution in [2.24, 2.45) is 0 Å². The molecule has 0 aliphatic carbocycles. The van der Waals surface area contributed by atoms with Crippen molar-refractivity contribution < 1.29 is 19.3 Å². The molecule has 0 bridgehead atoms. The van der Waals surface area contributed by atoms with Crippen LogP contribution in [0.1, 0.15) is 38.3 Å². The standard InChI is InChI=1S/C22H28O4/c1-16(23)14-24-19-8-4-17(5-9-19)12-18-6-10-20(11-7-18)26-22(2,3)13-21-15-25-21/h4-11,16,21,23H,12-15H2,1-3H3. The van der Waals surface area contributed by atoms with E-state index in [1.807, 2.05) is 24.3 Å². The first-order valence-corrected chi connectivity index (χ1v) is 9.19. The average Bonchev–Trinajstić information content (AvgIpc) is 3.39. The van der Waals surface area contributed by atoms with Gasteiger partial charge in [-0.15, -0.1) is 0 Å². The Balaban J connectivity index is 1.53. The Morgan fingerprint density at radius 3 is 2.08 bits per heavy atom. The molecule has 1 heterocycles. The number of rotatable bonds is 9. The molecule has 2 aromatic rings. The second-order valence-electron chi connectivity index (χ2n) is 7.65. The van der Waals surface area contributed by atoms with Crippen LogP contribution >= 0.6 is 0 Å². The van der Waals surface area contributed by atoms with Crippen LogP contribution in [0, 0.1) is 0 Å². The van der Waals surface area contributed by atoms with E-state index in [2.05, 4.69) is 38.1 Å². The van der Waals surface area contributed by atoms with Crippen LogP contribution in [0.5, 0.6) is 11.5 Å². The zero-order valence-electron chi connectivity index (χ0n) is 15.8. The summed E-state index contributed by atoms with van der Waals surface area (Å²) in [4.78, 5) is 0. The highest BCUT2D eigenvalue weighted by atomic mass is 16.6. The average molecular weight is 356 g/mol. The third-order valence-corrected chi connectivity index (χ3v) is 4.26. The highest BCUT2D eigenvalue weighted by Crippen LogP contribution is 2.28. The lowest BCUT2D eigenvalue weighted by molar-refractivity contribution is 0.0895. The molecule has 0 amide bonds. The third kappa shape index (κ3) is 6.04. The molecular weight excluding hydrogens is 328 g/mol. The van der Waals surface area contributed by atoms with E-state index in [4.69, 9.17) is 14.2 Å². The summed E-state index contributed by atoms with van der Waals surface area (Å²) in [6, 6.07) is 16.3. The lowest BCUT2D eigenvalue weighted by atomic mass is 10.0. The summed E-state index contributed by atoms with van der Waals surface area (Å²) in [5.74, 6) is 1.67. The quantitative estimate of drug-likeness (QED) is 0.691. The summed E-state index contributed by atoms with van der Waals surface area (Å²) in [7, 11) is 0. The van der Waals surface area contributed by atoms with Gasteiger partial charge in [-0.1, -0.05) is 24.3 Å². The normalized spacial score (nSPS) is 17.6. The van der Waals surface area contributed by atoms with Crippen LogP contribution in [0.4, 0.5) is 0 Å². The molecule has 1 aliphatic heterocycles. The van der Waals surface area contributed by atoms with Gasteiger partial charge in [0.25, 0.3) is 0 Å². The summed E-state index contributed by atoms with van der Waals surface area (Å²) in [6.45, 7) is 7.08. The predicted molar refractivity (Wildman–Crippen MR) is 102 cm³/mol. The van der Waals surface area contributed by atoms with Crippen molar-refractivity contribution >= 4 is 0 Å². The Hall–Kier alpha value is -2.04. The number of benzene rings is 2. The second kappa shape index (κ2) is 8.11. The van der Waals surface area contributed by atoms with E-state index in [9.17, 15) is 5.11 Å². The predicted octanol–water partition coefficient (Wildman–Crippen LogP) is 3.98. The number of ether oxygens (including phenoxy) is 3. The topological polar surface area (TPSA) is 51.2 Å². The summed E-state index contributed by atoms with van der Waals surface area (Å²) in [6.07, 6.45) is 1.67. The molecule has 0 saturated carbocycles. The van der Waals surface area contributed by atoms with Gasteiger partial charge in [-0.05, 0) is 62.6 Å². The monoisotopic (exact) mass is 356 g/mol. The van der Waals surface area contributed by atoms with Gasteiger partial charge in [0.05, 0.1) is 18.8 Å². The van der Waals surface area contributed by atoms with Crippen LogP contribution in [0.3, 0.4) is 0 Å². The summed E-state index contributed by atoms with van der Waals surface area (Å²) < 4.78 is 16.9. The Kier molecular flexibility index (Phi) is 5.84. The smallest absolute Gasteiger partial charge is 0.120 e. The number of aliphatic hydroxyl groups is 1. The number of hydrogen-bond acceptors (Lipinski definition) is 4. The molecule has 26 heavy (non-hydrogen) atoms. The molecule has 1 saturated heterocycles. The number of aliphatic hydroxyl groups excluding tert-OH is 1. The number of hydrogen-bond donors (Lipinski definition) is 1. The first-order chi connectivity index (χ1) is 12.4. The summed E-state index contributed by atoms with van der Waals surface area (Å²) >= 11 is 0. The van der Waals surface area contributed by atoms with Crippen molar-refractivity contribution in [2.75, 3.05) is 13.2 Å².